The third kappa shape index (κ3) is 3.44. The smallest absolute Gasteiger partial charge is 0.338 e. The van der Waals surface area contributed by atoms with Gasteiger partial charge in [0.05, 0.1) is 11.1 Å². The van der Waals surface area contributed by atoms with Gasteiger partial charge in [-0.3, -0.25) is 0 Å². The Hall–Kier alpha value is -1.84. The van der Waals surface area contributed by atoms with Gasteiger partial charge in [0.15, 0.2) is 0 Å². The van der Waals surface area contributed by atoms with Crippen LogP contribution in [0.15, 0.2) is 18.2 Å². The molecule has 1 aromatic rings. The molecule has 0 aromatic heterocycles. The van der Waals surface area contributed by atoms with Crippen LogP contribution >= 0.6 is 0 Å². The molecular formula is C31H40O4. The molecule has 0 spiro atoms. The molecule has 1 aromatic carbocycles. The Kier molecular flexibility index (Phi) is 4.85. The van der Waals surface area contributed by atoms with E-state index in [1.165, 1.54) is 51.4 Å². The molecular weight excluding hydrogens is 436 g/mol. The number of esters is 2. The second-order valence-corrected chi connectivity index (χ2v) is 13.8. The Balaban J connectivity index is 1.11. The Morgan fingerprint density at radius 1 is 0.743 bits per heavy atom. The summed E-state index contributed by atoms with van der Waals surface area (Å²) in [6.07, 6.45) is 12.1. The quantitative estimate of drug-likeness (QED) is 0.452. The lowest BCUT2D eigenvalue weighted by molar-refractivity contribution is -0.168. The van der Waals surface area contributed by atoms with Gasteiger partial charge in [-0.15, -0.1) is 0 Å². The zero-order chi connectivity index (χ0) is 24.1. The van der Waals surface area contributed by atoms with Gasteiger partial charge < -0.3 is 9.47 Å². The van der Waals surface area contributed by atoms with Crippen molar-refractivity contribution in [2.24, 2.45) is 47.3 Å². The van der Waals surface area contributed by atoms with E-state index >= 15 is 0 Å². The van der Waals surface area contributed by atoms with Crippen LogP contribution in [0.3, 0.4) is 0 Å². The van der Waals surface area contributed by atoms with Crippen LogP contribution in [-0.2, 0) is 9.47 Å². The fraction of sp³-hybridized carbons (Fsp3) is 0.742. The molecule has 0 aliphatic heterocycles. The summed E-state index contributed by atoms with van der Waals surface area (Å²) in [5.74, 6) is 4.61. The lowest BCUT2D eigenvalue weighted by Gasteiger charge is -2.59. The summed E-state index contributed by atoms with van der Waals surface area (Å²) >= 11 is 0. The van der Waals surface area contributed by atoms with E-state index in [1.54, 1.807) is 6.07 Å². The van der Waals surface area contributed by atoms with E-state index < -0.39 is 0 Å². The molecule has 0 N–H and O–H groups in total. The highest BCUT2D eigenvalue weighted by Crippen LogP contribution is 2.61. The normalized spacial score (nSPS) is 46.6. The highest BCUT2D eigenvalue weighted by Gasteiger charge is 2.58. The van der Waals surface area contributed by atoms with Gasteiger partial charge in [0, 0.05) is 0 Å². The average Bonchev–Trinajstić information content (AvgIpc) is 2.79. The summed E-state index contributed by atoms with van der Waals surface area (Å²) in [4.78, 5) is 26.9. The predicted molar refractivity (Wildman–Crippen MR) is 133 cm³/mol. The van der Waals surface area contributed by atoms with E-state index in [-0.39, 0.29) is 23.1 Å². The van der Waals surface area contributed by atoms with Gasteiger partial charge >= 0.3 is 11.9 Å². The number of carbonyl (C=O) groups excluding carboxylic acids is 2. The third-order valence-electron chi connectivity index (χ3n) is 11.7. The van der Waals surface area contributed by atoms with Crippen LogP contribution in [0, 0.1) is 54.3 Å². The summed E-state index contributed by atoms with van der Waals surface area (Å²) in [6.45, 7) is 6.42. The highest BCUT2D eigenvalue weighted by atomic mass is 16.6. The summed E-state index contributed by atoms with van der Waals surface area (Å²) in [6, 6.07) is 5.46. The maximum absolute atomic E-state index is 13.5. The molecule has 0 heterocycles. The minimum atomic E-state index is -0.371. The largest absolute Gasteiger partial charge is 0.455 e. The fourth-order valence-corrected chi connectivity index (χ4v) is 10.2. The molecule has 188 valence electrons. The van der Waals surface area contributed by atoms with Crippen molar-refractivity contribution < 1.29 is 19.1 Å². The molecule has 8 aliphatic carbocycles. The Labute approximate surface area is 209 Å². The van der Waals surface area contributed by atoms with Crippen LogP contribution in [0.1, 0.15) is 104 Å². The maximum Gasteiger partial charge on any atom is 0.338 e. The Morgan fingerprint density at radius 3 is 1.83 bits per heavy atom. The third-order valence-corrected chi connectivity index (χ3v) is 11.7. The van der Waals surface area contributed by atoms with Crippen LogP contribution in [0.2, 0.25) is 0 Å². The van der Waals surface area contributed by atoms with E-state index in [4.69, 9.17) is 9.47 Å². The van der Waals surface area contributed by atoms with Crippen LogP contribution < -0.4 is 0 Å². The molecule has 35 heavy (non-hydrogen) atoms. The number of hydrogen-bond acceptors (Lipinski definition) is 4. The van der Waals surface area contributed by atoms with Crippen molar-refractivity contribution in [2.45, 2.75) is 96.2 Å². The molecule has 4 nitrogen and oxygen atoms in total. The lowest BCUT2D eigenvalue weighted by Crippen LogP contribution is -2.58. The van der Waals surface area contributed by atoms with Crippen molar-refractivity contribution in [3.05, 3.63) is 34.9 Å². The number of ether oxygens (including phenoxy) is 2. The maximum atomic E-state index is 13.5. The van der Waals surface area contributed by atoms with Gasteiger partial charge in [-0.2, -0.15) is 0 Å². The number of rotatable bonds is 4. The van der Waals surface area contributed by atoms with Crippen LogP contribution in [0.5, 0.6) is 0 Å². The van der Waals surface area contributed by atoms with Gasteiger partial charge in [-0.25, -0.2) is 9.59 Å². The van der Waals surface area contributed by atoms with Crippen molar-refractivity contribution in [1.82, 2.24) is 0 Å². The van der Waals surface area contributed by atoms with Crippen molar-refractivity contribution in [3.8, 4) is 0 Å². The van der Waals surface area contributed by atoms with Gasteiger partial charge in [0.25, 0.3) is 0 Å². The lowest BCUT2D eigenvalue weighted by atomic mass is 9.50. The Bertz CT molecular complexity index is 1030. The monoisotopic (exact) mass is 476 g/mol. The van der Waals surface area contributed by atoms with Crippen molar-refractivity contribution in [2.75, 3.05) is 0 Å². The first-order valence-electron chi connectivity index (χ1n) is 14.3. The SMILES string of the molecule is Cc1cc(C(=O)OC23CC4CC(CC(C4)C2C)C3)cc(C(=O)OC2(C)C3CC4CC(C3)CC2C4)c1. The number of benzene rings is 1. The molecule has 0 radical (unpaired) electrons. The van der Waals surface area contributed by atoms with Gasteiger partial charge in [0.2, 0.25) is 0 Å². The second kappa shape index (κ2) is 7.59. The van der Waals surface area contributed by atoms with Gasteiger partial charge in [-0.1, -0.05) is 6.92 Å². The topological polar surface area (TPSA) is 52.6 Å². The zero-order valence-corrected chi connectivity index (χ0v) is 21.6. The van der Waals surface area contributed by atoms with E-state index in [0.29, 0.717) is 46.6 Å². The molecule has 4 heteroatoms. The molecule has 8 saturated carbocycles. The summed E-state index contributed by atoms with van der Waals surface area (Å²) in [7, 11) is 0. The molecule has 8 fully saturated rings. The summed E-state index contributed by atoms with van der Waals surface area (Å²) in [5, 5.41) is 0. The van der Waals surface area contributed by atoms with Crippen molar-refractivity contribution >= 4 is 11.9 Å². The zero-order valence-electron chi connectivity index (χ0n) is 21.6. The van der Waals surface area contributed by atoms with E-state index in [0.717, 1.165) is 30.2 Å². The van der Waals surface area contributed by atoms with E-state index in [9.17, 15) is 9.59 Å². The molecule has 9 rings (SSSR count). The summed E-state index contributed by atoms with van der Waals surface area (Å²) < 4.78 is 12.7. The van der Waals surface area contributed by atoms with Crippen LogP contribution in [0.25, 0.3) is 0 Å². The molecule has 3 unspecified atom stereocenters. The fourth-order valence-electron chi connectivity index (χ4n) is 10.2. The Morgan fingerprint density at radius 2 is 1.26 bits per heavy atom. The summed E-state index contributed by atoms with van der Waals surface area (Å²) in [5.41, 5.74) is 1.20. The number of carbonyl (C=O) groups is 2. The average molecular weight is 477 g/mol. The standard InChI is InChI=1S/C31H40O4/c1-17-4-24(28(32)34-30(3)26-10-19-6-20(12-26)13-27(30)11-19)14-25(5-17)29(33)35-31-15-21-7-22(16-31)9-23(8-21)18(31)2/h4-5,14,18-23,26-27H,6-13,15-16H2,1-3H3. The molecule has 8 bridgehead atoms. The second-order valence-electron chi connectivity index (χ2n) is 13.8. The van der Waals surface area contributed by atoms with Gasteiger partial charge in [0.1, 0.15) is 11.2 Å². The molecule has 8 aliphatic rings. The van der Waals surface area contributed by atoms with Crippen molar-refractivity contribution in [1.29, 1.82) is 0 Å². The first-order chi connectivity index (χ1) is 16.7. The predicted octanol–water partition coefficient (Wildman–Crippen LogP) is 6.74. The minimum Gasteiger partial charge on any atom is -0.455 e. The first-order valence-corrected chi connectivity index (χ1v) is 14.3. The van der Waals surface area contributed by atoms with Crippen LogP contribution in [-0.4, -0.2) is 23.1 Å². The van der Waals surface area contributed by atoms with E-state index in [1.807, 2.05) is 19.1 Å². The minimum absolute atomic E-state index is 0.266. The number of hydrogen-bond donors (Lipinski definition) is 0. The molecule has 3 atom stereocenters. The van der Waals surface area contributed by atoms with E-state index in [2.05, 4.69) is 13.8 Å². The van der Waals surface area contributed by atoms with Crippen LogP contribution in [0.4, 0.5) is 0 Å². The number of aryl methyl sites for hydroxylation is 1. The van der Waals surface area contributed by atoms with Crippen molar-refractivity contribution in [3.63, 3.8) is 0 Å². The highest BCUT2D eigenvalue weighted by molar-refractivity contribution is 5.96. The van der Waals surface area contributed by atoms with Gasteiger partial charge in [-0.05, 0) is 149 Å². The molecule has 0 amide bonds. The molecule has 0 saturated heterocycles. The first kappa shape index (κ1) is 22.4.